The number of hydrogen-bond donors (Lipinski definition) is 0. The Kier molecular flexibility index (Phi) is 5.43. The highest BCUT2D eigenvalue weighted by atomic mass is 32.3. The van der Waals surface area contributed by atoms with Crippen LogP contribution in [0, 0.1) is 5.92 Å². The molecule has 2 rings (SSSR count). The molecule has 0 aliphatic rings. The number of carbonyl (C=O) groups is 1. The first-order valence-corrected chi connectivity index (χ1v) is 10.4. The van der Waals surface area contributed by atoms with Crippen LogP contribution in [0.4, 0.5) is 4.39 Å². The lowest BCUT2D eigenvalue weighted by molar-refractivity contribution is -0.108. The largest absolute Gasteiger partial charge is 0.320 e. The van der Waals surface area contributed by atoms with E-state index in [2.05, 4.69) is 0 Å². The second kappa shape index (κ2) is 7.05. The zero-order valence-corrected chi connectivity index (χ0v) is 15.0. The van der Waals surface area contributed by atoms with Crippen LogP contribution in [0.1, 0.15) is 13.3 Å². The van der Waals surface area contributed by atoms with Gasteiger partial charge in [-0.2, -0.15) is 0 Å². The number of hydrogen-bond acceptors (Lipinski definition) is 5. The average Bonchev–Trinajstić information content (AvgIpc) is 2.62. The van der Waals surface area contributed by atoms with Crippen LogP contribution in [0.3, 0.4) is 0 Å². The van der Waals surface area contributed by atoms with Gasteiger partial charge in [0.05, 0.1) is 9.79 Å². The number of benzene rings is 2. The maximum atomic E-state index is 16.0. The number of rotatable bonds is 7. The Hall–Kier alpha value is -2.06. The van der Waals surface area contributed by atoms with Gasteiger partial charge in [0.2, 0.25) is 19.7 Å². The molecular weight excluding hydrogens is 367 g/mol. The third-order valence-electron chi connectivity index (χ3n) is 3.88. The summed E-state index contributed by atoms with van der Waals surface area (Å²) in [5.41, 5.74) is 0. The van der Waals surface area contributed by atoms with Crippen molar-refractivity contribution in [2.45, 2.75) is 27.5 Å². The Labute approximate surface area is 146 Å². The summed E-state index contributed by atoms with van der Waals surface area (Å²) >= 11 is 0. The Balaban J connectivity index is 2.78. The van der Waals surface area contributed by atoms with Gasteiger partial charge >= 0.3 is 4.33 Å². The first-order chi connectivity index (χ1) is 11.7. The number of sulfone groups is 2. The minimum Gasteiger partial charge on any atom is -0.303 e. The molecule has 0 heterocycles. The molecule has 1 unspecified atom stereocenters. The van der Waals surface area contributed by atoms with E-state index in [0.717, 1.165) is 31.2 Å². The predicted molar refractivity (Wildman–Crippen MR) is 90.9 cm³/mol. The van der Waals surface area contributed by atoms with E-state index >= 15 is 4.39 Å². The molecule has 0 spiro atoms. The van der Waals surface area contributed by atoms with E-state index in [1.165, 1.54) is 36.4 Å². The lowest BCUT2D eigenvalue weighted by atomic mass is 10.1. The first kappa shape index (κ1) is 19.3. The van der Waals surface area contributed by atoms with Gasteiger partial charge in [0.15, 0.2) is 0 Å². The van der Waals surface area contributed by atoms with Crippen LogP contribution < -0.4 is 0 Å². The highest BCUT2D eigenvalue weighted by Crippen LogP contribution is 2.43. The standard InChI is InChI=1S/C17H17FO5S2/c1-14(12-13-19)17(18,24(20,21)15-8-4-2-5-9-15)25(22,23)16-10-6-3-7-11-16/h2-11,13-14H,12H2,1H3. The Bertz CT molecular complexity index is 870. The van der Waals surface area contributed by atoms with Gasteiger partial charge in [-0.3, -0.25) is 0 Å². The van der Waals surface area contributed by atoms with E-state index < -0.39 is 46.1 Å². The van der Waals surface area contributed by atoms with Crippen molar-refractivity contribution in [2.75, 3.05) is 0 Å². The van der Waals surface area contributed by atoms with E-state index in [1.807, 2.05) is 0 Å². The zero-order chi connectivity index (χ0) is 18.7. The molecule has 0 aromatic heterocycles. The molecule has 1 atom stereocenters. The van der Waals surface area contributed by atoms with Crippen molar-refractivity contribution in [1.82, 2.24) is 0 Å². The second-order valence-electron chi connectivity index (χ2n) is 5.52. The van der Waals surface area contributed by atoms with Gasteiger partial charge < -0.3 is 4.79 Å². The van der Waals surface area contributed by atoms with Gasteiger partial charge in [0.25, 0.3) is 0 Å². The summed E-state index contributed by atoms with van der Waals surface area (Å²) in [5.74, 6) is -1.60. The van der Waals surface area contributed by atoms with Crippen molar-refractivity contribution in [3.05, 3.63) is 60.7 Å². The Morgan fingerprint density at radius 3 is 1.56 bits per heavy atom. The minimum absolute atomic E-state index is 0.306. The third-order valence-corrected chi connectivity index (χ3v) is 9.25. The van der Waals surface area contributed by atoms with Crippen LogP contribution in [-0.2, 0) is 24.5 Å². The SMILES string of the molecule is CC(CC=O)C(F)(S(=O)(=O)c1ccccc1)S(=O)(=O)c1ccccc1. The molecule has 134 valence electrons. The molecule has 5 nitrogen and oxygen atoms in total. The van der Waals surface area contributed by atoms with Gasteiger partial charge in [0, 0.05) is 12.3 Å². The smallest absolute Gasteiger partial charge is 0.303 e. The first-order valence-electron chi connectivity index (χ1n) is 7.41. The van der Waals surface area contributed by atoms with Crippen LogP contribution in [0.15, 0.2) is 70.5 Å². The van der Waals surface area contributed by atoms with Crippen LogP contribution in [0.25, 0.3) is 0 Å². The molecule has 0 N–H and O–H groups in total. The Morgan fingerprint density at radius 2 is 1.24 bits per heavy atom. The molecule has 0 amide bonds. The molecule has 0 saturated carbocycles. The molecular formula is C17H17FO5S2. The third kappa shape index (κ3) is 3.11. The minimum atomic E-state index is -4.94. The molecule has 25 heavy (non-hydrogen) atoms. The topological polar surface area (TPSA) is 85.3 Å². The van der Waals surface area contributed by atoms with Crippen LogP contribution in [0.5, 0.6) is 0 Å². The summed E-state index contributed by atoms with van der Waals surface area (Å²) in [6, 6.07) is 13.0. The van der Waals surface area contributed by atoms with Gasteiger partial charge in [0.1, 0.15) is 6.29 Å². The molecule has 0 fully saturated rings. The molecule has 0 aliphatic heterocycles. The van der Waals surface area contributed by atoms with Crippen molar-refractivity contribution in [1.29, 1.82) is 0 Å². The van der Waals surface area contributed by atoms with Crippen LogP contribution in [-0.4, -0.2) is 27.5 Å². The molecule has 2 aromatic rings. The van der Waals surface area contributed by atoms with Gasteiger partial charge in [-0.25, -0.2) is 21.2 Å². The second-order valence-corrected chi connectivity index (χ2v) is 9.92. The summed E-state index contributed by atoms with van der Waals surface area (Å²) in [6.45, 7) is 1.09. The quantitative estimate of drug-likeness (QED) is 0.685. The Morgan fingerprint density at radius 1 is 0.880 bits per heavy atom. The van der Waals surface area contributed by atoms with E-state index in [4.69, 9.17) is 0 Å². The van der Waals surface area contributed by atoms with E-state index in [9.17, 15) is 21.6 Å². The lowest BCUT2D eigenvalue weighted by Crippen LogP contribution is -2.47. The van der Waals surface area contributed by atoms with E-state index in [0.29, 0.717) is 6.29 Å². The van der Waals surface area contributed by atoms with Gasteiger partial charge in [-0.1, -0.05) is 43.3 Å². The van der Waals surface area contributed by atoms with Crippen molar-refractivity contribution < 1.29 is 26.0 Å². The predicted octanol–water partition coefficient (Wildman–Crippen LogP) is 2.78. The van der Waals surface area contributed by atoms with Gasteiger partial charge in [-0.15, -0.1) is 0 Å². The fourth-order valence-electron chi connectivity index (χ4n) is 2.48. The highest BCUT2D eigenvalue weighted by molar-refractivity contribution is 8.10. The molecule has 0 aliphatic carbocycles. The number of aldehydes is 1. The zero-order valence-electron chi connectivity index (χ0n) is 13.4. The van der Waals surface area contributed by atoms with Crippen molar-refractivity contribution >= 4 is 26.0 Å². The summed E-state index contributed by atoms with van der Waals surface area (Å²) in [5, 5.41) is 0. The molecule has 8 heteroatoms. The highest BCUT2D eigenvalue weighted by Gasteiger charge is 2.60. The number of halogens is 1. The summed E-state index contributed by atoms with van der Waals surface area (Å²) in [7, 11) is -9.88. The average molecular weight is 384 g/mol. The van der Waals surface area contributed by atoms with Crippen LogP contribution in [0.2, 0.25) is 0 Å². The summed E-state index contributed by atoms with van der Waals surface area (Å²) in [4.78, 5) is 9.91. The van der Waals surface area contributed by atoms with Crippen LogP contribution >= 0.6 is 0 Å². The van der Waals surface area contributed by atoms with Gasteiger partial charge in [-0.05, 0) is 24.3 Å². The number of carbonyl (C=O) groups excluding carboxylic acids is 1. The van der Waals surface area contributed by atoms with Crippen molar-refractivity contribution in [2.24, 2.45) is 5.92 Å². The molecule has 0 radical (unpaired) electrons. The summed E-state index contributed by atoms with van der Waals surface area (Å²) in [6.07, 6.45) is -0.255. The summed E-state index contributed by atoms with van der Waals surface area (Å²) < 4.78 is 64.0. The molecule has 0 bridgehead atoms. The maximum Gasteiger partial charge on any atom is 0.320 e. The lowest BCUT2D eigenvalue weighted by Gasteiger charge is -2.30. The van der Waals surface area contributed by atoms with E-state index in [1.54, 1.807) is 0 Å². The normalized spacial score (nSPS) is 14.0. The fraction of sp³-hybridized carbons (Fsp3) is 0.235. The monoisotopic (exact) mass is 384 g/mol. The number of alkyl halides is 1. The van der Waals surface area contributed by atoms with Crippen molar-refractivity contribution in [3.8, 4) is 0 Å². The maximum absolute atomic E-state index is 16.0. The molecule has 2 aromatic carbocycles. The van der Waals surface area contributed by atoms with Crippen molar-refractivity contribution in [3.63, 3.8) is 0 Å². The van der Waals surface area contributed by atoms with E-state index in [-0.39, 0.29) is 0 Å². The molecule has 0 saturated heterocycles. The fourth-order valence-corrected chi connectivity index (χ4v) is 7.14.